The number of benzene rings is 1. The van der Waals surface area contributed by atoms with E-state index in [9.17, 15) is 4.79 Å². The van der Waals surface area contributed by atoms with Gasteiger partial charge in [-0.1, -0.05) is 38.1 Å². The van der Waals surface area contributed by atoms with E-state index in [0.29, 0.717) is 12.5 Å². The molecule has 2 heterocycles. The molecule has 5 heteroatoms. The van der Waals surface area contributed by atoms with Crippen LogP contribution in [0.15, 0.2) is 35.7 Å². The van der Waals surface area contributed by atoms with Crippen LogP contribution in [0.2, 0.25) is 0 Å². The highest BCUT2D eigenvalue weighted by atomic mass is 32.1. The lowest BCUT2D eigenvalue weighted by molar-refractivity contribution is -0.908. The van der Waals surface area contributed by atoms with Crippen LogP contribution in [0.25, 0.3) is 0 Å². The van der Waals surface area contributed by atoms with Gasteiger partial charge in [-0.2, -0.15) is 0 Å². The minimum atomic E-state index is 0.0794. The molecule has 0 bridgehead atoms. The highest BCUT2D eigenvalue weighted by molar-refractivity contribution is 7.09. The molecule has 4 nitrogen and oxygen atoms in total. The number of carbonyl (C=O) groups excluding carboxylic acids is 1. The molecular formula is C22H31N2O2S+. The Morgan fingerprint density at radius 1 is 1.33 bits per heavy atom. The summed E-state index contributed by atoms with van der Waals surface area (Å²) < 4.78 is 5.82. The molecule has 1 unspecified atom stereocenters. The van der Waals surface area contributed by atoms with Crippen molar-refractivity contribution < 1.29 is 14.4 Å². The van der Waals surface area contributed by atoms with E-state index in [1.54, 1.807) is 11.3 Å². The Morgan fingerprint density at radius 2 is 2.19 bits per heavy atom. The third kappa shape index (κ3) is 5.64. The molecule has 1 aliphatic heterocycles. The number of nitrogens with one attached hydrogen (secondary N) is 2. The number of quaternary nitrogens is 1. The quantitative estimate of drug-likeness (QED) is 0.729. The van der Waals surface area contributed by atoms with Gasteiger partial charge in [0.2, 0.25) is 0 Å². The van der Waals surface area contributed by atoms with Gasteiger partial charge in [-0.15, -0.1) is 11.3 Å². The summed E-state index contributed by atoms with van der Waals surface area (Å²) in [7, 11) is 0. The largest absolute Gasteiger partial charge is 0.372 e. The normalized spacial score (nSPS) is 18.0. The molecule has 0 aliphatic carbocycles. The zero-order valence-corrected chi connectivity index (χ0v) is 17.4. The standard InChI is InChI=1S/C22H30N2O2S/c1-16(2)20-10-4-7-17(3)22(20)23-21(25)15-24(13-18-8-5-11-26-18)14-19-9-6-12-27-19/h4,6-7,9-10,12,16,18H,5,8,11,13-15H2,1-3H3,(H,23,25)/p+1/t18-/m1/s1. The molecule has 2 atom stereocenters. The molecule has 0 saturated carbocycles. The molecule has 1 aromatic heterocycles. The van der Waals surface area contributed by atoms with Gasteiger partial charge in [0.1, 0.15) is 19.2 Å². The number of aryl methyl sites for hydroxylation is 1. The lowest BCUT2D eigenvalue weighted by atomic mass is 9.98. The van der Waals surface area contributed by atoms with Crippen molar-refractivity contribution in [3.63, 3.8) is 0 Å². The van der Waals surface area contributed by atoms with Gasteiger partial charge in [-0.05, 0) is 48.3 Å². The van der Waals surface area contributed by atoms with Gasteiger partial charge in [0, 0.05) is 12.3 Å². The van der Waals surface area contributed by atoms with Crippen LogP contribution in [0.5, 0.6) is 0 Å². The molecule has 2 aromatic rings. The number of ether oxygens (including phenoxy) is 1. The van der Waals surface area contributed by atoms with E-state index in [2.05, 4.69) is 61.8 Å². The molecule has 2 N–H and O–H groups in total. The second-order valence-corrected chi connectivity index (χ2v) is 8.80. The maximum Gasteiger partial charge on any atom is 0.279 e. The third-order valence-electron chi connectivity index (χ3n) is 5.15. The molecule has 1 saturated heterocycles. The number of hydrogen-bond donors (Lipinski definition) is 2. The Hall–Kier alpha value is -1.69. The van der Waals surface area contributed by atoms with Crippen molar-refractivity contribution in [3.05, 3.63) is 51.7 Å². The number of rotatable bonds is 8. The topological polar surface area (TPSA) is 42.8 Å². The van der Waals surface area contributed by atoms with Crippen molar-refractivity contribution in [2.24, 2.45) is 0 Å². The van der Waals surface area contributed by atoms with Crippen molar-refractivity contribution in [1.29, 1.82) is 0 Å². The maximum atomic E-state index is 12.9. The summed E-state index contributed by atoms with van der Waals surface area (Å²) in [6, 6.07) is 10.5. The molecule has 0 radical (unpaired) electrons. The molecule has 0 spiro atoms. The monoisotopic (exact) mass is 387 g/mol. The number of amides is 1. The fourth-order valence-electron chi connectivity index (χ4n) is 3.75. The number of para-hydroxylation sites is 1. The van der Waals surface area contributed by atoms with Crippen LogP contribution in [-0.2, 0) is 16.1 Å². The summed E-state index contributed by atoms with van der Waals surface area (Å²) in [5.74, 6) is 0.456. The summed E-state index contributed by atoms with van der Waals surface area (Å²) in [5, 5.41) is 5.30. The molecule has 1 aromatic carbocycles. The van der Waals surface area contributed by atoms with Crippen LogP contribution in [0.4, 0.5) is 5.69 Å². The molecule has 1 amide bonds. The van der Waals surface area contributed by atoms with Crippen LogP contribution >= 0.6 is 11.3 Å². The van der Waals surface area contributed by atoms with Crippen LogP contribution < -0.4 is 10.2 Å². The van der Waals surface area contributed by atoms with E-state index < -0.39 is 0 Å². The number of anilines is 1. The number of carbonyl (C=O) groups is 1. The highest BCUT2D eigenvalue weighted by Crippen LogP contribution is 2.27. The molecule has 3 rings (SSSR count). The van der Waals surface area contributed by atoms with Crippen LogP contribution in [0.3, 0.4) is 0 Å². The summed E-state index contributed by atoms with van der Waals surface area (Å²) in [4.78, 5) is 15.5. The fourth-order valence-corrected chi connectivity index (χ4v) is 4.52. The lowest BCUT2D eigenvalue weighted by Gasteiger charge is -2.22. The van der Waals surface area contributed by atoms with E-state index in [0.717, 1.165) is 43.8 Å². The predicted octanol–water partition coefficient (Wildman–Crippen LogP) is 3.38. The van der Waals surface area contributed by atoms with E-state index in [4.69, 9.17) is 4.74 Å². The average Bonchev–Trinajstić information content (AvgIpc) is 3.30. The first kappa shape index (κ1) is 20.1. The molecule has 27 heavy (non-hydrogen) atoms. The van der Waals surface area contributed by atoms with Gasteiger partial charge in [0.15, 0.2) is 6.54 Å². The van der Waals surface area contributed by atoms with Crippen molar-refractivity contribution in [2.75, 3.05) is 25.0 Å². The second-order valence-electron chi connectivity index (χ2n) is 7.76. The van der Waals surface area contributed by atoms with Gasteiger partial charge in [0.05, 0.1) is 4.88 Å². The summed E-state index contributed by atoms with van der Waals surface area (Å²) in [6.45, 7) is 9.45. The first-order chi connectivity index (χ1) is 13.0. The van der Waals surface area contributed by atoms with Gasteiger partial charge < -0.3 is 15.0 Å². The molecule has 1 aliphatic rings. The molecular weight excluding hydrogens is 356 g/mol. The zero-order valence-electron chi connectivity index (χ0n) is 16.6. The van der Waals surface area contributed by atoms with Gasteiger partial charge in [-0.25, -0.2) is 0 Å². The lowest BCUT2D eigenvalue weighted by Crippen LogP contribution is -3.12. The Balaban J connectivity index is 1.68. The summed E-state index contributed by atoms with van der Waals surface area (Å²) in [5.41, 5.74) is 3.29. The van der Waals surface area contributed by atoms with E-state index in [1.165, 1.54) is 15.3 Å². The number of thiophene rings is 1. The minimum absolute atomic E-state index is 0.0794. The first-order valence-electron chi connectivity index (χ1n) is 9.90. The summed E-state index contributed by atoms with van der Waals surface area (Å²) in [6.07, 6.45) is 2.51. The predicted molar refractivity (Wildman–Crippen MR) is 112 cm³/mol. The van der Waals surface area contributed by atoms with E-state index >= 15 is 0 Å². The van der Waals surface area contributed by atoms with E-state index in [1.807, 2.05) is 0 Å². The summed E-state index contributed by atoms with van der Waals surface area (Å²) >= 11 is 1.76. The van der Waals surface area contributed by atoms with Crippen LogP contribution in [-0.4, -0.2) is 31.7 Å². The zero-order chi connectivity index (χ0) is 19.2. The molecule has 146 valence electrons. The third-order valence-corrected chi connectivity index (χ3v) is 6.02. The number of hydrogen-bond acceptors (Lipinski definition) is 3. The second kappa shape index (κ2) is 9.49. The van der Waals surface area contributed by atoms with Crippen molar-refractivity contribution in [3.8, 4) is 0 Å². The Bertz CT molecular complexity index is 737. The van der Waals surface area contributed by atoms with Gasteiger partial charge in [-0.3, -0.25) is 4.79 Å². The van der Waals surface area contributed by atoms with Crippen LogP contribution in [0.1, 0.15) is 48.6 Å². The fraction of sp³-hybridized carbons (Fsp3) is 0.500. The van der Waals surface area contributed by atoms with Gasteiger partial charge in [0.25, 0.3) is 5.91 Å². The van der Waals surface area contributed by atoms with Crippen molar-refractivity contribution >= 4 is 22.9 Å². The maximum absolute atomic E-state index is 12.9. The first-order valence-corrected chi connectivity index (χ1v) is 10.8. The Kier molecular flexibility index (Phi) is 7.05. The molecule has 1 fully saturated rings. The smallest absolute Gasteiger partial charge is 0.279 e. The SMILES string of the molecule is Cc1cccc(C(C)C)c1NC(=O)C[NH+](Cc1cccs1)C[C@H]1CCCO1. The van der Waals surface area contributed by atoms with E-state index in [-0.39, 0.29) is 12.0 Å². The van der Waals surface area contributed by atoms with Crippen molar-refractivity contribution in [1.82, 2.24) is 0 Å². The Morgan fingerprint density at radius 3 is 2.85 bits per heavy atom. The highest BCUT2D eigenvalue weighted by Gasteiger charge is 2.25. The van der Waals surface area contributed by atoms with Gasteiger partial charge >= 0.3 is 0 Å². The minimum Gasteiger partial charge on any atom is -0.372 e. The Labute approximate surface area is 166 Å². The van der Waals surface area contributed by atoms with Crippen molar-refractivity contribution in [2.45, 2.75) is 52.2 Å². The van der Waals surface area contributed by atoms with Crippen LogP contribution in [0, 0.1) is 6.92 Å². The average molecular weight is 388 g/mol.